The zero-order valence-corrected chi connectivity index (χ0v) is 12.5. The largest absolute Gasteiger partial charge is 0.398 e. The standard InChI is InChI=1S/C18H15N5/c19-8-15-17(22)14-6-2-1-5-13(14)16(18(15,10-20)11-21)12-4-3-7-23-9-12/h3-4,6-7,9,13,16H,1-2,5,22H2/t13-,16+/m0/s1. The van der Waals surface area contributed by atoms with Crippen LogP contribution in [-0.2, 0) is 0 Å². The number of pyridine rings is 1. The number of allylic oxidation sites excluding steroid dienone is 3. The van der Waals surface area contributed by atoms with Crippen molar-refractivity contribution in [1.82, 2.24) is 4.98 Å². The second-order valence-corrected chi connectivity index (χ2v) is 5.89. The molecule has 1 aromatic heterocycles. The van der Waals surface area contributed by atoms with Crippen molar-refractivity contribution in [2.75, 3.05) is 0 Å². The first-order valence-electron chi connectivity index (χ1n) is 7.52. The van der Waals surface area contributed by atoms with Gasteiger partial charge in [-0.25, -0.2) is 0 Å². The molecule has 0 saturated carbocycles. The van der Waals surface area contributed by atoms with E-state index in [-0.39, 0.29) is 11.5 Å². The van der Waals surface area contributed by atoms with Crippen LogP contribution in [0.2, 0.25) is 0 Å². The van der Waals surface area contributed by atoms with Crippen LogP contribution in [0.1, 0.15) is 30.7 Å². The van der Waals surface area contributed by atoms with Crippen LogP contribution in [0, 0.1) is 45.3 Å². The fourth-order valence-corrected chi connectivity index (χ4v) is 3.84. The Bertz CT molecular complexity index is 800. The minimum Gasteiger partial charge on any atom is -0.398 e. The fraction of sp³-hybridized carbons (Fsp3) is 0.333. The molecule has 2 aliphatic rings. The molecule has 0 amide bonds. The van der Waals surface area contributed by atoms with E-state index in [9.17, 15) is 15.8 Å². The number of nitrogens with two attached hydrogens (primary N) is 1. The summed E-state index contributed by atoms with van der Waals surface area (Å²) in [4.78, 5) is 4.13. The second-order valence-electron chi connectivity index (χ2n) is 5.89. The van der Waals surface area contributed by atoms with Gasteiger partial charge in [0.2, 0.25) is 0 Å². The topological polar surface area (TPSA) is 110 Å². The van der Waals surface area contributed by atoms with E-state index in [0.29, 0.717) is 5.70 Å². The van der Waals surface area contributed by atoms with Crippen LogP contribution < -0.4 is 5.73 Å². The molecule has 23 heavy (non-hydrogen) atoms. The molecule has 3 rings (SSSR count). The SMILES string of the molecule is N#CC1=C(N)C2=CCCC[C@@H]2[C@@H](c2cccnc2)C1(C#N)C#N. The summed E-state index contributed by atoms with van der Waals surface area (Å²) in [6.45, 7) is 0. The third-order valence-electron chi connectivity index (χ3n) is 4.83. The van der Waals surface area contributed by atoms with Crippen LogP contribution in [0.5, 0.6) is 0 Å². The van der Waals surface area contributed by atoms with E-state index in [1.54, 1.807) is 18.5 Å². The van der Waals surface area contributed by atoms with Gasteiger partial charge in [-0.05, 0) is 42.4 Å². The average molecular weight is 301 g/mol. The Balaban J connectivity index is 2.34. The van der Waals surface area contributed by atoms with E-state index in [1.807, 2.05) is 18.2 Å². The Kier molecular flexibility index (Phi) is 3.61. The van der Waals surface area contributed by atoms with E-state index in [2.05, 4.69) is 17.1 Å². The van der Waals surface area contributed by atoms with Crippen molar-refractivity contribution in [2.45, 2.75) is 25.2 Å². The van der Waals surface area contributed by atoms with Crippen molar-refractivity contribution in [3.8, 4) is 18.2 Å². The van der Waals surface area contributed by atoms with E-state index < -0.39 is 11.3 Å². The molecule has 0 aromatic carbocycles. The van der Waals surface area contributed by atoms with Gasteiger partial charge in [0.05, 0.1) is 29.5 Å². The van der Waals surface area contributed by atoms with Crippen LogP contribution in [0.25, 0.3) is 0 Å². The van der Waals surface area contributed by atoms with Crippen molar-refractivity contribution in [1.29, 1.82) is 15.8 Å². The van der Waals surface area contributed by atoms with E-state index >= 15 is 0 Å². The van der Waals surface area contributed by atoms with Gasteiger partial charge in [-0.1, -0.05) is 12.1 Å². The zero-order valence-electron chi connectivity index (χ0n) is 12.5. The molecule has 0 unspecified atom stereocenters. The summed E-state index contributed by atoms with van der Waals surface area (Å²) in [5.41, 5.74) is 6.70. The summed E-state index contributed by atoms with van der Waals surface area (Å²) >= 11 is 0. The number of nitrogens with zero attached hydrogens (tertiary/aromatic N) is 4. The number of nitriles is 3. The molecular formula is C18H15N5. The third kappa shape index (κ3) is 2.00. The molecule has 1 aromatic rings. The minimum atomic E-state index is -1.57. The molecular weight excluding hydrogens is 286 g/mol. The van der Waals surface area contributed by atoms with Crippen molar-refractivity contribution in [3.05, 3.63) is 53.0 Å². The third-order valence-corrected chi connectivity index (χ3v) is 4.83. The van der Waals surface area contributed by atoms with Crippen LogP contribution in [0.15, 0.2) is 47.4 Å². The maximum Gasteiger partial charge on any atom is 0.187 e. The Hall–Kier alpha value is -3.10. The number of hydrogen-bond donors (Lipinski definition) is 1. The van der Waals surface area contributed by atoms with Gasteiger partial charge < -0.3 is 5.73 Å². The molecule has 112 valence electrons. The number of aromatic nitrogens is 1. The van der Waals surface area contributed by atoms with Crippen LogP contribution in [0.4, 0.5) is 0 Å². The summed E-state index contributed by atoms with van der Waals surface area (Å²) in [7, 11) is 0. The number of hydrogen-bond acceptors (Lipinski definition) is 5. The minimum absolute atomic E-state index is 0.0376. The molecule has 0 saturated heterocycles. The smallest absolute Gasteiger partial charge is 0.187 e. The van der Waals surface area contributed by atoms with E-state index in [0.717, 1.165) is 30.4 Å². The van der Waals surface area contributed by atoms with Gasteiger partial charge in [0, 0.05) is 18.3 Å². The molecule has 5 heteroatoms. The lowest BCUT2D eigenvalue weighted by Crippen LogP contribution is -2.41. The molecule has 1 heterocycles. The van der Waals surface area contributed by atoms with Crippen molar-refractivity contribution >= 4 is 0 Å². The van der Waals surface area contributed by atoms with Gasteiger partial charge in [0.15, 0.2) is 5.41 Å². The Morgan fingerprint density at radius 3 is 2.65 bits per heavy atom. The first-order chi connectivity index (χ1) is 11.2. The van der Waals surface area contributed by atoms with Crippen LogP contribution in [-0.4, -0.2) is 4.98 Å². The molecule has 5 nitrogen and oxygen atoms in total. The quantitative estimate of drug-likeness (QED) is 0.857. The fourth-order valence-electron chi connectivity index (χ4n) is 3.84. The molecule has 0 fully saturated rings. The summed E-state index contributed by atoms with van der Waals surface area (Å²) in [5, 5.41) is 29.2. The predicted octanol–water partition coefficient (Wildman–Crippen LogP) is 2.68. The normalized spacial score (nSPS) is 25.3. The maximum absolute atomic E-state index is 9.83. The molecule has 0 bridgehead atoms. The van der Waals surface area contributed by atoms with E-state index in [1.165, 1.54) is 0 Å². The Morgan fingerprint density at radius 2 is 2.04 bits per heavy atom. The molecule has 2 aliphatic carbocycles. The monoisotopic (exact) mass is 301 g/mol. The van der Waals surface area contributed by atoms with Gasteiger partial charge in [-0.3, -0.25) is 4.98 Å². The lowest BCUT2D eigenvalue weighted by Gasteiger charge is -2.43. The van der Waals surface area contributed by atoms with Gasteiger partial charge in [-0.2, -0.15) is 15.8 Å². The highest BCUT2D eigenvalue weighted by Crippen LogP contribution is 2.55. The molecule has 0 radical (unpaired) electrons. The highest BCUT2D eigenvalue weighted by atomic mass is 14.7. The highest BCUT2D eigenvalue weighted by molar-refractivity contribution is 5.58. The second kappa shape index (κ2) is 5.59. The van der Waals surface area contributed by atoms with Crippen molar-refractivity contribution < 1.29 is 0 Å². The van der Waals surface area contributed by atoms with Gasteiger partial charge in [0.1, 0.15) is 0 Å². The molecule has 0 spiro atoms. The lowest BCUT2D eigenvalue weighted by atomic mass is 9.56. The van der Waals surface area contributed by atoms with Gasteiger partial charge >= 0.3 is 0 Å². The summed E-state index contributed by atoms with van der Waals surface area (Å²) < 4.78 is 0. The van der Waals surface area contributed by atoms with Crippen molar-refractivity contribution in [3.63, 3.8) is 0 Å². The lowest BCUT2D eigenvalue weighted by molar-refractivity contribution is 0.321. The van der Waals surface area contributed by atoms with Crippen molar-refractivity contribution in [2.24, 2.45) is 17.1 Å². The molecule has 2 atom stereocenters. The number of fused-ring (bicyclic) bond motifs is 1. The summed E-state index contributed by atoms with van der Waals surface area (Å²) in [6.07, 6.45) is 8.10. The van der Waals surface area contributed by atoms with Crippen LogP contribution in [0.3, 0.4) is 0 Å². The highest BCUT2D eigenvalue weighted by Gasteiger charge is 2.54. The first-order valence-corrected chi connectivity index (χ1v) is 7.52. The molecule has 0 aliphatic heterocycles. The average Bonchev–Trinajstić information content (AvgIpc) is 2.62. The van der Waals surface area contributed by atoms with E-state index in [4.69, 9.17) is 5.73 Å². The first kappa shape index (κ1) is 14.8. The predicted molar refractivity (Wildman–Crippen MR) is 82.9 cm³/mol. The zero-order chi connectivity index (χ0) is 16.4. The van der Waals surface area contributed by atoms with Crippen LogP contribution >= 0.6 is 0 Å². The summed E-state index contributed by atoms with van der Waals surface area (Å²) in [5.74, 6) is -0.468. The summed E-state index contributed by atoms with van der Waals surface area (Å²) in [6, 6.07) is 9.89. The Morgan fingerprint density at radius 1 is 1.26 bits per heavy atom. The Labute approximate surface area is 135 Å². The van der Waals surface area contributed by atoms with Gasteiger partial charge in [0.25, 0.3) is 0 Å². The maximum atomic E-state index is 9.83. The molecule has 2 N–H and O–H groups in total. The van der Waals surface area contributed by atoms with Gasteiger partial charge in [-0.15, -0.1) is 0 Å². The number of rotatable bonds is 1.